The van der Waals surface area contributed by atoms with Crippen molar-refractivity contribution >= 4 is 0 Å². The SMILES string of the molecule is CCCn1nncc1C(N)c1cc(CC)nn1C. The highest BCUT2D eigenvalue weighted by Gasteiger charge is 2.18. The number of hydrogen-bond donors (Lipinski definition) is 1. The Bertz CT molecular complexity index is 512. The van der Waals surface area contributed by atoms with Crippen molar-refractivity contribution in [1.82, 2.24) is 24.8 Å². The molecule has 0 spiro atoms. The standard InChI is InChI=1S/C12H20N6/c1-4-6-18-11(8-14-16-18)12(13)10-7-9(5-2)15-17(10)3/h7-8,12H,4-6,13H2,1-3H3. The molecule has 0 fully saturated rings. The van der Waals surface area contributed by atoms with E-state index in [1.807, 2.05) is 22.5 Å². The summed E-state index contributed by atoms with van der Waals surface area (Å²) in [5, 5.41) is 12.4. The molecule has 0 radical (unpaired) electrons. The summed E-state index contributed by atoms with van der Waals surface area (Å²) in [5.41, 5.74) is 9.28. The minimum Gasteiger partial charge on any atom is -0.318 e. The van der Waals surface area contributed by atoms with E-state index in [4.69, 9.17) is 5.73 Å². The summed E-state index contributed by atoms with van der Waals surface area (Å²) >= 11 is 0. The zero-order valence-electron chi connectivity index (χ0n) is 11.2. The van der Waals surface area contributed by atoms with E-state index in [1.165, 1.54) is 0 Å². The van der Waals surface area contributed by atoms with E-state index in [-0.39, 0.29) is 6.04 Å². The van der Waals surface area contributed by atoms with Crippen LogP contribution in [0.2, 0.25) is 0 Å². The van der Waals surface area contributed by atoms with Gasteiger partial charge in [0.2, 0.25) is 0 Å². The van der Waals surface area contributed by atoms with Crippen molar-refractivity contribution in [1.29, 1.82) is 0 Å². The average molecular weight is 248 g/mol. The van der Waals surface area contributed by atoms with Gasteiger partial charge in [-0.1, -0.05) is 19.1 Å². The van der Waals surface area contributed by atoms with Crippen LogP contribution in [0.25, 0.3) is 0 Å². The van der Waals surface area contributed by atoms with Gasteiger partial charge in [0, 0.05) is 13.6 Å². The maximum absolute atomic E-state index is 6.30. The van der Waals surface area contributed by atoms with E-state index in [9.17, 15) is 0 Å². The number of hydrogen-bond acceptors (Lipinski definition) is 4. The molecular formula is C12H20N6. The van der Waals surface area contributed by atoms with Crippen molar-refractivity contribution in [3.05, 3.63) is 29.3 Å². The first-order valence-corrected chi connectivity index (χ1v) is 6.34. The Morgan fingerprint density at radius 2 is 2.11 bits per heavy atom. The van der Waals surface area contributed by atoms with E-state index >= 15 is 0 Å². The highest BCUT2D eigenvalue weighted by molar-refractivity contribution is 5.22. The zero-order chi connectivity index (χ0) is 13.1. The van der Waals surface area contributed by atoms with Crippen molar-refractivity contribution in [2.75, 3.05) is 0 Å². The van der Waals surface area contributed by atoms with Crippen LogP contribution in [0.5, 0.6) is 0 Å². The number of nitrogens with zero attached hydrogens (tertiary/aromatic N) is 5. The Balaban J connectivity index is 2.31. The van der Waals surface area contributed by atoms with Crippen LogP contribution in [-0.4, -0.2) is 24.8 Å². The molecule has 1 atom stereocenters. The number of rotatable bonds is 5. The van der Waals surface area contributed by atoms with Gasteiger partial charge in [-0.2, -0.15) is 5.10 Å². The lowest BCUT2D eigenvalue weighted by molar-refractivity contribution is 0.534. The van der Waals surface area contributed by atoms with Crippen molar-refractivity contribution in [3.63, 3.8) is 0 Å². The van der Waals surface area contributed by atoms with E-state index in [2.05, 4.69) is 29.3 Å². The molecular weight excluding hydrogens is 228 g/mol. The van der Waals surface area contributed by atoms with Gasteiger partial charge in [-0.15, -0.1) is 5.10 Å². The number of aryl methyl sites for hydroxylation is 3. The first-order valence-electron chi connectivity index (χ1n) is 6.34. The van der Waals surface area contributed by atoms with Gasteiger partial charge in [-0.25, -0.2) is 4.68 Å². The van der Waals surface area contributed by atoms with E-state index in [1.54, 1.807) is 6.20 Å². The maximum atomic E-state index is 6.30. The minimum atomic E-state index is -0.232. The largest absolute Gasteiger partial charge is 0.318 e. The van der Waals surface area contributed by atoms with Gasteiger partial charge in [0.05, 0.1) is 29.3 Å². The van der Waals surface area contributed by atoms with Crippen LogP contribution in [0.4, 0.5) is 0 Å². The molecule has 2 rings (SSSR count). The third-order valence-electron chi connectivity index (χ3n) is 3.05. The molecule has 18 heavy (non-hydrogen) atoms. The van der Waals surface area contributed by atoms with Gasteiger partial charge < -0.3 is 5.73 Å². The third-order valence-corrected chi connectivity index (χ3v) is 3.05. The Morgan fingerprint density at radius 1 is 1.33 bits per heavy atom. The van der Waals surface area contributed by atoms with Gasteiger partial charge >= 0.3 is 0 Å². The summed E-state index contributed by atoms with van der Waals surface area (Å²) in [7, 11) is 1.92. The average Bonchev–Trinajstić information content (AvgIpc) is 2.95. The number of aromatic nitrogens is 5. The van der Waals surface area contributed by atoms with Crippen molar-refractivity contribution in [2.24, 2.45) is 12.8 Å². The van der Waals surface area contributed by atoms with Crippen molar-refractivity contribution in [3.8, 4) is 0 Å². The Hall–Kier alpha value is -1.69. The summed E-state index contributed by atoms with van der Waals surface area (Å²) < 4.78 is 3.70. The predicted molar refractivity (Wildman–Crippen MR) is 68.9 cm³/mol. The second-order valence-electron chi connectivity index (χ2n) is 4.40. The van der Waals surface area contributed by atoms with Gasteiger partial charge in [0.15, 0.2) is 0 Å². The fourth-order valence-corrected chi connectivity index (χ4v) is 2.05. The topological polar surface area (TPSA) is 74.6 Å². The molecule has 1 unspecified atom stereocenters. The van der Waals surface area contributed by atoms with Crippen LogP contribution in [0.15, 0.2) is 12.3 Å². The van der Waals surface area contributed by atoms with Gasteiger partial charge in [0.25, 0.3) is 0 Å². The Kier molecular flexibility index (Phi) is 3.76. The molecule has 98 valence electrons. The molecule has 0 aliphatic carbocycles. The molecule has 0 saturated carbocycles. The van der Waals surface area contributed by atoms with Crippen LogP contribution in [0.3, 0.4) is 0 Å². The fraction of sp³-hybridized carbons (Fsp3) is 0.583. The Morgan fingerprint density at radius 3 is 2.72 bits per heavy atom. The molecule has 2 heterocycles. The molecule has 0 saturated heterocycles. The third kappa shape index (κ3) is 2.28. The highest BCUT2D eigenvalue weighted by Crippen LogP contribution is 2.19. The van der Waals surface area contributed by atoms with Gasteiger partial charge in [-0.3, -0.25) is 4.68 Å². The molecule has 0 amide bonds. The summed E-state index contributed by atoms with van der Waals surface area (Å²) in [6.45, 7) is 5.03. The highest BCUT2D eigenvalue weighted by atomic mass is 15.4. The second kappa shape index (κ2) is 5.30. The van der Waals surface area contributed by atoms with E-state index < -0.39 is 0 Å². The van der Waals surface area contributed by atoms with Crippen LogP contribution in [0, 0.1) is 0 Å². The van der Waals surface area contributed by atoms with Gasteiger partial charge in [-0.05, 0) is 18.9 Å². The molecule has 6 nitrogen and oxygen atoms in total. The normalized spacial score (nSPS) is 12.9. The van der Waals surface area contributed by atoms with Crippen molar-refractivity contribution < 1.29 is 0 Å². The minimum absolute atomic E-state index is 0.232. The molecule has 0 aliphatic heterocycles. The molecule has 0 aliphatic rings. The second-order valence-corrected chi connectivity index (χ2v) is 4.40. The molecule has 0 bridgehead atoms. The Labute approximate surface area is 107 Å². The van der Waals surface area contributed by atoms with Crippen LogP contribution in [-0.2, 0) is 20.0 Å². The number of nitrogens with two attached hydrogens (primary N) is 1. The molecule has 2 aromatic rings. The summed E-state index contributed by atoms with van der Waals surface area (Å²) in [6, 6.07) is 1.82. The molecule has 6 heteroatoms. The summed E-state index contributed by atoms with van der Waals surface area (Å²) in [4.78, 5) is 0. The van der Waals surface area contributed by atoms with Gasteiger partial charge in [0.1, 0.15) is 0 Å². The quantitative estimate of drug-likeness (QED) is 0.857. The van der Waals surface area contributed by atoms with Crippen LogP contribution in [0.1, 0.15) is 43.4 Å². The monoisotopic (exact) mass is 248 g/mol. The molecule has 0 aromatic carbocycles. The predicted octanol–water partition coefficient (Wildman–Crippen LogP) is 1.03. The summed E-state index contributed by atoms with van der Waals surface area (Å²) in [6.07, 6.45) is 3.65. The fourth-order valence-electron chi connectivity index (χ4n) is 2.05. The van der Waals surface area contributed by atoms with E-state index in [0.717, 1.165) is 36.5 Å². The van der Waals surface area contributed by atoms with Crippen LogP contribution < -0.4 is 5.73 Å². The molecule has 2 aromatic heterocycles. The molecule has 2 N–H and O–H groups in total. The maximum Gasteiger partial charge on any atom is 0.0910 e. The first-order chi connectivity index (χ1) is 8.67. The lowest BCUT2D eigenvalue weighted by Gasteiger charge is -2.13. The lowest BCUT2D eigenvalue weighted by atomic mass is 10.1. The summed E-state index contributed by atoms with van der Waals surface area (Å²) in [5.74, 6) is 0. The van der Waals surface area contributed by atoms with E-state index in [0.29, 0.717) is 0 Å². The van der Waals surface area contributed by atoms with Crippen molar-refractivity contribution in [2.45, 2.75) is 39.3 Å². The smallest absolute Gasteiger partial charge is 0.0910 e. The van der Waals surface area contributed by atoms with Crippen LogP contribution >= 0.6 is 0 Å². The zero-order valence-corrected chi connectivity index (χ0v) is 11.2. The lowest BCUT2D eigenvalue weighted by Crippen LogP contribution is -2.20. The first kappa shape index (κ1) is 12.8.